The van der Waals surface area contributed by atoms with Crippen LogP contribution < -0.4 is 0 Å². The number of pyridine rings is 1. The minimum atomic E-state index is -0.948. The Balaban J connectivity index is 1.71. The zero-order chi connectivity index (χ0) is 14.1. The third-order valence-corrected chi connectivity index (χ3v) is 5.97. The monoisotopic (exact) mass is 308 g/mol. The van der Waals surface area contributed by atoms with Crippen LogP contribution in [0.1, 0.15) is 6.42 Å². The predicted molar refractivity (Wildman–Crippen MR) is 77.3 cm³/mol. The SMILES string of the molecule is O=C(O)C1=CN2C(=O)C[C@H]2SC1CSc1ccncc1. The van der Waals surface area contributed by atoms with E-state index in [4.69, 9.17) is 0 Å². The number of carboxylic acid groups (broad SMARTS) is 1. The van der Waals surface area contributed by atoms with E-state index < -0.39 is 5.97 Å². The third kappa shape index (κ3) is 2.55. The number of nitrogens with zero attached hydrogens (tertiary/aromatic N) is 2. The van der Waals surface area contributed by atoms with Gasteiger partial charge in [0, 0.05) is 34.5 Å². The number of carboxylic acids is 1. The molecule has 0 radical (unpaired) electrons. The van der Waals surface area contributed by atoms with Crippen LogP contribution in [0.2, 0.25) is 0 Å². The van der Waals surface area contributed by atoms with Crippen LogP contribution in [0.25, 0.3) is 0 Å². The summed E-state index contributed by atoms with van der Waals surface area (Å²) in [5.41, 5.74) is 0.306. The molecule has 1 N–H and O–H groups in total. The molecular formula is C13H12N2O3S2. The highest BCUT2D eigenvalue weighted by Crippen LogP contribution is 2.41. The maximum absolute atomic E-state index is 11.4. The van der Waals surface area contributed by atoms with E-state index in [2.05, 4.69) is 4.98 Å². The van der Waals surface area contributed by atoms with Gasteiger partial charge in [0.25, 0.3) is 0 Å². The summed E-state index contributed by atoms with van der Waals surface area (Å²) >= 11 is 3.17. The number of rotatable bonds is 4. The lowest BCUT2D eigenvalue weighted by Gasteiger charge is -2.43. The fraction of sp³-hybridized carbons (Fsp3) is 0.308. The second kappa shape index (κ2) is 5.49. The third-order valence-electron chi connectivity index (χ3n) is 3.19. The van der Waals surface area contributed by atoms with Crippen molar-refractivity contribution in [1.29, 1.82) is 0 Å². The first-order valence-electron chi connectivity index (χ1n) is 6.09. The molecule has 1 aromatic rings. The predicted octanol–water partition coefficient (Wildman–Crippen LogP) is 1.82. The lowest BCUT2D eigenvalue weighted by molar-refractivity contribution is -0.138. The fourth-order valence-electron chi connectivity index (χ4n) is 2.09. The Morgan fingerprint density at radius 1 is 1.50 bits per heavy atom. The lowest BCUT2D eigenvalue weighted by atomic mass is 10.1. The summed E-state index contributed by atoms with van der Waals surface area (Å²) in [5.74, 6) is -0.275. The highest BCUT2D eigenvalue weighted by Gasteiger charge is 2.43. The number of carbonyl (C=O) groups excluding carboxylic acids is 1. The Hall–Kier alpha value is -1.47. The summed E-state index contributed by atoms with van der Waals surface area (Å²) in [6, 6.07) is 3.81. The van der Waals surface area contributed by atoms with Gasteiger partial charge in [-0.15, -0.1) is 23.5 Å². The van der Waals surface area contributed by atoms with E-state index in [0.29, 0.717) is 17.7 Å². The number of hydrogen-bond donors (Lipinski definition) is 1. The van der Waals surface area contributed by atoms with Gasteiger partial charge < -0.3 is 10.0 Å². The first-order valence-corrected chi connectivity index (χ1v) is 8.02. The number of amides is 1. The molecule has 1 amide bonds. The molecule has 1 fully saturated rings. The van der Waals surface area contributed by atoms with Gasteiger partial charge in [-0.25, -0.2) is 4.79 Å². The van der Waals surface area contributed by atoms with Crippen LogP contribution in [-0.4, -0.2) is 43.2 Å². The molecule has 1 unspecified atom stereocenters. The Labute approximate surface area is 124 Å². The zero-order valence-electron chi connectivity index (χ0n) is 10.4. The highest BCUT2D eigenvalue weighted by molar-refractivity contribution is 8.04. The molecule has 7 heteroatoms. The van der Waals surface area contributed by atoms with E-state index in [9.17, 15) is 14.7 Å². The van der Waals surface area contributed by atoms with Crippen molar-refractivity contribution in [2.24, 2.45) is 0 Å². The molecule has 2 aliphatic rings. The number of carbonyl (C=O) groups is 2. The van der Waals surface area contributed by atoms with Gasteiger partial charge in [0.15, 0.2) is 0 Å². The van der Waals surface area contributed by atoms with Crippen molar-refractivity contribution in [3.63, 3.8) is 0 Å². The second-order valence-corrected chi connectivity index (χ2v) is 6.95. The molecule has 0 aliphatic carbocycles. The molecule has 1 saturated heterocycles. The molecule has 0 spiro atoms. The smallest absolute Gasteiger partial charge is 0.334 e. The molecule has 3 rings (SSSR count). The molecule has 104 valence electrons. The summed E-state index contributed by atoms with van der Waals surface area (Å²) in [7, 11) is 0. The maximum atomic E-state index is 11.4. The molecule has 2 aliphatic heterocycles. The summed E-state index contributed by atoms with van der Waals surface area (Å²) in [4.78, 5) is 29.3. The number of β-lactam (4-membered cyclic amide) rings is 1. The van der Waals surface area contributed by atoms with Crippen molar-refractivity contribution in [2.75, 3.05) is 5.75 Å². The van der Waals surface area contributed by atoms with Gasteiger partial charge >= 0.3 is 5.97 Å². The fourth-order valence-corrected chi connectivity index (χ4v) is 4.69. The Bertz CT molecular complexity index is 576. The molecule has 20 heavy (non-hydrogen) atoms. The van der Waals surface area contributed by atoms with Crippen molar-refractivity contribution >= 4 is 35.4 Å². The van der Waals surface area contributed by atoms with Gasteiger partial charge in [-0.05, 0) is 12.1 Å². The number of hydrogen-bond acceptors (Lipinski definition) is 5. The van der Waals surface area contributed by atoms with Crippen LogP contribution in [0, 0.1) is 0 Å². The van der Waals surface area contributed by atoms with Crippen LogP contribution in [0.3, 0.4) is 0 Å². The van der Waals surface area contributed by atoms with Crippen molar-refractivity contribution in [1.82, 2.24) is 9.88 Å². The number of aromatic nitrogens is 1. The van der Waals surface area contributed by atoms with Crippen molar-refractivity contribution in [3.05, 3.63) is 36.3 Å². The molecular weight excluding hydrogens is 296 g/mol. The quantitative estimate of drug-likeness (QED) is 0.676. The minimum absolute atomic E-state index is 0.00138. The van der Waals surface area contributed by atoms with E-state index in [1.807, 2.05) is 12.1 Å². The van der Waals surface area contributed by atoms with Gasteiger partial charge in [0.2, 0.25) is 5.91 Å². The first-order chi connectivity index (χ1) is 9.65. The topological polar surface area (TPSA) is 70.5 Å². The lowest BCUT2D eigenvalue weighted by Crippen LogP contribution is -2.51. The van der Waals surface area contributed by atoms with Crippen LogP contribution in [-0.2, 0) is 9.59 Å². The minimum Gasteiger partial charge on any atom is -0.478 e. The van der Waals surface area contributed by atoms with E-state index >= 15 is 0 Å². The molecule has 2 atom stereocenters. The van der Waals surface area contributed by atoms with Crippen LogP contribution in [0.5, 0.6) is 0 Å². The largest absolute Gasteiger partial charge is 0.478 e. The van der Waals surface area contributed by atoms with Crippen LogP contribution in [0.15, 0.2) is 41.2 Å². The van der Waals surface area contributed by atoms with E-state index in [0.717, 1.165) is 4.90 Å². The Morgan fingerprint density at radius 3 is 2.90 bits per heavy atom. The van der Waals surface area contributed by atoms with Crippen molar-refractivity contribution in [2.45, 2.75) is 21.9 Å². The standard InChI is InChI=1S/C13H12N2O3S2/c16-11-5-12-15(11)6-9(13(17)18)10(20-12)7-19-8-1-3-14-4-2-8/h1-4,6,10,12H,5,7H2,(H,17,18)/t10?,12-/m1/s1. The van der Waals surface area contributed by atoms with E-state index in [1.54, 1.807) is 35.9 Å². The van der Waals surface area contributed by atoms with Gasteiger partial charge in [0.1, 0.15) is 0 Å². The summed E-state index contributed by atoms with van der Waals surface area (Å²) in [6.07, 6.45) is 5.45. The second-order valence-electron chi connectivity index (χ2n) is 4.47. The average molecular weight is 308 g/mol. The van der Waals surface area contributed by atoms with Crippen molar-refractivity contribution in [3.8, 4) is 0 Å². The van der Waals surface area contributed by atoms with Crippen LogP contribution in [0.4, 0.5) is 0 Å². The van der Waals surface area contributed by atoms with Crippen LogP contribution >= 0.6 is 23.5 Å². The summed E-state index contributed by atoms with van der Waals surface area (Å²) < 4.78 is 0. The van der Waals surface area contributed by atoms with E-state index in [1.165, 1.54) is 11.1 Å². The molecule has 1 aromatic heterocycles. The number of fused-ring (bicyclic) bond motifs is 1. The highest BCUT2D eigenvalue weighted by atomic mass is 32.2. The zero-order valence-corrected chi connectivity index (χ0v) is 12.1. The van der Waals surface area contributed by atoms with Gasteiger partial charge in [-0.1, -0.05) is 0 Å². The van der Waals surface area contributed by atoms with Gasteiger partial charge in [-0.2, -0.15) is 0 Å². The molecule has 5 nitrogen and oxygen atoms in total. The average Bonchev–Trinajstić information content (AvgIpc) is 2.44. The first kappa shape index (κ1) is 13.5. The molecule has 0 bridgehead atoms. The van der Waals surface area contributed by atoms with Crippen molar-refractivity contribution < 1.29 is 14.7 Å². The van der Waals surface area contributed by atoms with Gasteiger partial charge in [-0.3, -0.25) is 9.78 Å². The summed E-state index contributed by atoms with van der Waals surface area (Å²) in [5, 5.41) is 9.29. The summed E-state index contributed by atoms with van der Waals surface area (Å²) in [6.45, 7) is 0. The number of aliphatic carboxylic acids is 1. The molecule has 0 saturated carbocycles. The maximum Gasteiger partial charge on any atom is 0.334 e. The number of thioether (sulfide) groups is 2. The molecule has 0 aromatic carbocycles. The van der Waals surface area contributed by atoms with E-state index in [-0.39, 0.29) is 16.5 Å². The normalized spacial score (nSPS) is 24.7. The van der Waals surface area contributed by atoms with Gasteiger partial charge in [0.05, 0.1) is 17.4 Å². The molecule has 3 heterocycles. The Morgan fingerprint density at radius 2 is 2.25 bits per heavy atom. The Kier molecular flexibility index (Phi) is 3.71.